The van der Waals surface area contributed by atoms with Crippen LogP contribution in [0.15, 0.2) is 48.5 Å². The first-order valence-corrected chi connectivity index (χ1v) is 6.90. The molecule has 0 fully saturated rings. The molecule has 2 aromatic rings. The van der Waals surface area contributed by atoms with Crippen molar-refractivity contribution in [2.24, 2.45) is 0 Å². The summed E-state index contributed by atoms with van der Waals surface area (Å²) in [6.45, 7) is 1.96. The Bertz CT molecular complexity index is 692. The molecule has 2 aromatic carbocycles. The van der Waals surface area contributed by atoms with Gasteiger partial charge in [-0.15, -0.1) is 0 Å². The fourth-order valence-corrected chi connectivity index (χ4v) is 2.06. The van der Waals surface area contributed by atoms with E-state index in [1.54, 1.807) is 20.3 Å². The summed E-state index contributed by atoms with van der Waals surface area (Å²) in [5.74, 6) is 1.12. The highest BCUT2D eigenvalue weighted by atomic mass is 16.5. The van der Waals surface area contributed by atoms with E-state index >= 15 is 0 Å². The van der Waals surface area contributed by atoms with Crippen molar-refractivity contribution in [3.8, 4) is 11.5 Å². The molecular formula is C18H19NO3. The maximum absolute atomic E-state index is 12.1. The molecule has 0 saturated carbocycles. The summed E-state index contributed by atoms with van der Waals surface area (Å²) in [5, 5.41) is 2.82. The van der Waals surface area contributed by atoms with Gasteiger partial charge in [0.1, 0.15) is 11.5 Å². The molecule has 22 heavy (non-hydrogen) atoms. The maximum atomic E-state index is 12.1. The number of amides is 1. The summed E-state index contributed by atoms with van der Waals surface area (Å²) in [5.41, 5.74) is 2.54. The van der Waals surface area contributed by atoms with Crippen LogP contribution in [0.4, 0.5) is 5.69 Å². The van der Waals surface area contributed by atoms with E-state index in [1.165, 1.54) is 6.08 Å². The van der Waals surface area contributed by atoms with Gasteiger partial charge in [0.15, 0.2) is 0 Å². The predicted molar refractivity (Wildman–Crippen MR) is 88.4 cm³/mol. The van der Waals surface area contributed by atoms with Crippen molar-refractivity contribution in [2.75, 3.05) is 19.5 Å². The van der Waals surface area contributed by atoms with Crippen LogP contribution in [0.1, 0.15) is 11.1 Å². The normalized spacial score (nSPS) is 10.5. The number of hydrogen-bond acceptors (Lipinski definition) is 3. The van der Waals surface area contributed by atoms with E-state index in [4.69, 9.17) is 9.47 Å². The van der Waals surface area contributed by atoms with Crippen molar-refractivity contribution in [3.05, 3.63) is 59.7 Å². The van der Waals surface area contributed by atoms with Gasteiger partial charge < -0.3 is 14.8 Å². The lowest BCUT2D eigenvalue weighted by atomic mass is 10.2. The fraction of sp³-hybridized carbons (Fsp3) is 0.167. The molecule has 0 aliphatic heterocycles. The van der Waals surface area contributed by atoms with Crippen LogP contribution in [0.3, 0.4) is 0 Å². The summed E-state index contributed by atoms with van der Waals surface area (Å²) in [7, 11) is 3.18. The van der Waals surface area contributed by atoms with Gasteiger partial charge in [0.2, 0.25) is 5.91 Å². The Morgan fingerprint density at radius 3 is 2.50 bits per heavy atom. The lowest BCUT2D eigenvalue weighted by Gasteiger charge is -2.09. The molecule has 0 aliphatic rings. The average molecular weight is 297 g/mol. The number of hydrogen-bond donors (Lipinski definition) is 1. The minimum atomic E-state index is -0.227. The molecule has 0 saturated heterocycles. The zero-order valence-corrected chi connectivity index (χ0v) is 12.9. The summed E-state index contributed by atoms with van der Waals surface area (Å²) in [6, 6.07) is 13.1. The minimum Gasteiger partial charge on any atom is -0.496 e. The summed E-state index contributed by atoms with van der Waals surface area (Å²) < 4.78 is 10.5. The second-order valence-electron chi connectivity index (χ2n) is 4.77. The molecule has 4 nitrogen and oxygen atoms in total. The zero-order chi connectivity index (χ0) is 15.9. The minimum absolute atomic E-state index is 0.227. The molecule has 0 spiro atoms. The third kappa shape index (κ3) is 3.88. The molecule has 0 unspecified atom stereocenters. The molecule has 1 N–H and O–H groups in total. The van der Waals surface area contributed by atoms with Crippen molar-refractivity contribution >= 4 is 17.7 Å². The Morgan fingerprint density at radius 2 is 1.77 bits per heavy atom. The molecule has 2 rings (SSSR count). The van der Waals surface area contributed by atoms with Crippen molar-refractivity contribution in [1.82, 2.24) is 0 Å². The quantitative estimate of drug-likeness (QED) is 0.857. The number of anilines is 1. The standard InChI is InChI=1S/C18H19NO3/c1-13-8-10-17(22-3)15(12-13)19-18(20)11-9-14-6-4-5-7-16(14)21-2/h4-12H,1-3H3,(H,19,20)/b11-9+. The highest BCUT2D eigenvalue weighted by Gasteiger charge is 2.06. The molecule has 0 heterocycles. The van der Waals surface area contributed by atoms with E-state index in [9.17, 15) is 4.79 Å². The first-order valence-electron chi connectivity index (χ1n) is 6.90. The number of carbonyl (C=O) groups excluding carboxylic acids is 1. The van der Waals surface area contributed by atoms with Crippen LogP contribution < -0.4 is 14.8 Å². The monoisotopic (exact) mass is 297 g/mol. The molecule has 0 aliphatic carbocycles. The van der Waals surface area contributed by atoms with Crippen molar-refractivity contribution in [1.29, 1.82) is 0 Å². The Balaban J connectivity index is 2.13. The van der Waals surface area contributed by atoms with Crippen LogP contribution in [0.25, 0.3) is 6.08 Å². The zero-order valence-electron chi connectivity index (χ0n) is 12.9. The Kier molecular flexibility index (Phi) is 5.20. The van der Waals surface area contributed by atoms with Gasteiger partial charge >= 0.3 is 0 Å². The van der Waals surface area contributed by atoms with Gasteiger partial charge in [-0.05, 0) is 36.8 Å². The number of para-hydroxylation sites is 1. The van der Waals surface area contributed by atoms with Gasteiger partial charge in [-0.1, -0.05) is 24.3 Å². The maximum Gasteiger partial charge on any atom is 0.248 e. The Morgan fingerprint density at radius 1 is 1.05 bits per heavy atom. The second kappa shape index (κ2) is 7.31. The van der Waals surface area contributed by atoms with Crippen LogP contribution in [-0.2, 0) is 4.79 Å². The molecule has 0 aromatic heterocycles. The van der Waals surface area contributed by atoms with Crippen molar-refractivity contribution in [3.63, 3.8) is 0 Å². The number of nitrogens with one attached hydrogen (secondary N) is 1. The van der Waals surface area contributed by atoms with Crippen LogP contribution >= 0.6 is 0 Å². The largest absolute Gasteiger partial charge is 0.496 e. The lowest BCUT2D eigenvalue weighted by molar-refractivity contribution is -0.111. The molecule has 4 heteroatoms. The first kappa shape index (κ1) is 15.6. The van der Waals surface area contributed by atoms with Crippen LogP contribution in [0.5, 0.6) is 11.5 Å². The van der Waals surface area contributed by atoms with E-state index in [0.717, 1.165) is 16.9 Å². The number of carbonyl (C=O) groups is 1. The summed E-state index contributed by atoms with van der Waals surface area (Å²) >= 11 is 0. The van der Waals surface area contributed by atoms with Gasteiger partial charge in [0, 0.05) is 11.6 Å². The van der Waals surface area contributed by atoms with Crippen molar-refractivity contribution < 1.29 is 14.3 Å². The van der Waals surface area contributed by atoms with E-state index in [-0.39, 0.29) is 5.91 Å². The number of benzene rings is 2. The predicted octanol–water partition coefficient (Wildman–Crippen LogP) is 3.66. The summed E-state index contributed by atoms with van der Waals surface area (Å²) in [4.78, 5) is 12.1. The molecule has 1 amide bonds. The third-order valence-electron chi connectivity index (χ3n) is 3.17. The van der Waals surface area contributed by atoms with Gasteiger partial charge in [-0.25, -0.2) is 0 Å². The lowest BCUT2D eigenvalue weighted by Crippen LogP contribution is -2.09. The fourth-order valence-electron chi connectivity index (χ4n) is 2.06. The van der Waals surface area contributed by atoms with Crippen LogP contribution in [0.2, 0.25) is 0 Å². The molecule has 114 valence electrons. The molecular weight excluding hydrogens is 278 g/mol. The number of rotatable bonds is 5. The Labute approximate surface area is 130 Å². The van der Waals surface area contributed by atoms with Crippen LogP contribution in [-0.4, -0.2) is 20.1 Å². The van der Waals surface area contributed by atoms with Gasteiger partial charge in [-0.3, -0.25) is 4.79 Å². The van der Waals surface area contributed by atoms with Gasteiger partial charge in [-0.2, -0.15) is 0 Å². The molecule has 0 radical (unpaired) electrons. The second-order valence-corrected chi connectivity index (χ2v) is 4.77. The number of aryl methyl sites for hydroxylation is 1. The van der Waals surface area contributed by atoms with E-state index < -0.39 is 0 Å². The van der Waals surface area contributed by atoms with Gasteiger partial charge in [0.05, 0.1) is 19.9 Å². The SMILES string of the molecule is COc1ccccc1/C=C/C(=O)Nc1cc(C)ccc1OC. The topological polar surface area (TPSA) is 47.6 Å². The molecule has 0 bridgehead atoms. The first-order chi connectivity index (χ1) is 10.6. The van der Waals surface area contributed by atoms with Crippen molar-refractivity contribution in [2.45, 2.75) is 6.92 Å². The highest BCUT2D eigenvalue weighted by Crippen LogP contribution is 2.25. The van der Waals surface area contributed by atoms with E-state index in [2.05, 4.69) is 5.32 Å². The number of methoxy groups -OCH3 is 2. The van der Waals surface area contributed by atoms with E-state index in [1.807, 2.05) is 49.4 Å². The highest BCUT2D eigenvalue weighted by molar-refractivity contribution is 6.03. The third-order valence-corrected chi connectivity index (χ3v) is 3.17. The summed E-state index contributed by atoms with van der Waals surface area (Å²) in [6.07, 6.45) is 3.19. The molecule has 0 atom stereocenters. The van der Waals surface area contributed by atoms with Crippen LogP contribution in [0, 0.1) is 6.92 Å². The van der Waals surface area contributed by atoms with E-state index in [0.29, 0.717) is 11.4 Å². The average Bonchev–Trinajstić information content (AvgIpc) is 2.53. The number of ether oxygens (including phenoxy) is 2. The smallest absolute Gasteiger partial charge is 0.248 e. The van der Waals surface area contributed by atoms with Gasteiger partial charge in [0.25, 0.3) is 0 Å². The Hall–Kier alpha value is -2.75.